The Labute approximate surface area is 131 Å². The highest BCUT2D eigenvalue weighted by Crippen LogP contribution is 2.31. The molecule has 108 valence electrons. The fourth-order valence-electron chi connectivity index (χ4n) is 2.27. The zero-order chi connectivity index (χ0) is 14.8. The molecule has 1 unspecified atom stereocenters. The van der Waals surface area contributed by atoms with Crippen LogP contribution in [0, 0.1) is 0 Å². The Morgan fingerprint density at radius 3 is 2.90 bits per heavy atom. The molecule has 3 rings (SSSR count). The Kier molecular flexibility index (Phi) is 4.03. The summed E-state index contributed by atoms with van der Waals surface area (Å²) in [5.74, 6) is 1.28. The van der Waals surface area contributed by atoms with Crippen LogP contribution in [0.4, 0.5) is 0 Å². The van der Waals surface area contributed by atoms with Crippen molar-refractivity contribution in [2.75, 3.05) is 7.05 Å². The summed E-state index contributed by atoms with van der Waals surface area (Å²) >= 11 is 3.54. The minimum absolute atomic E-state index is 0.315. The lowest BCUT2D eigenvalue weighted by Crippen LogP contribution is -2.24. The molecule has 1 N–H and O–H groups in total. The van der Waals surface area contributed by atoms with Gasteiger partial charge in [-0.2, -0.15) is 4.98 Å². The maximum Gasteiger partial charge on any atom is 0.258 e. The molecular weight excluding hydrogens is 330 g/mol. The number of hydrogen-bond acceptors (Lipinski definition) is 4. The van der Waals surface area contributed by atoms with Crippen LogP contribution in [-0.2, 0) is 6.42 Å². The Morgan fingerprint density at radius 1 is 1.29 bits per heavy atom. The molecule has 0 bridgehead atoms. The lowest BCUT2D eigenvalue weighted by atomic mass is 10.0. The number of nitrogens with zero attached hydrogens (tertiary/aromatic N) is 2. The van der Waals surface area contributed by atoms with E-state index < -0.39 is 0 Å². The molecule has 0 aliphatic heterocycles. The quantitative estimate of drug-likeness (QED) is 0.781. The standard InChI is InChI=1S/C16H16BrN3O/c1-10(18-2)7-15-19-16(21-20-15)14-9-12(17)8-11-5-3-4-6-13(11)14/h3-6,8-10,18H,7H2,1-2H3. The summed E-state index contributed by atoms with van der Waals surface area (Å²) in [6.45, 7) is 2.09. The maximum absolute atomic E-state index is 5.45. The first-order valence-electron chi connectivity index (χ1n) is 6.86. The van der Waals surface area contributed by atoms with Crippen molar-refractivity contribution in [3.63, 3.8) is 0 Å². The number of nitrogens with one attached hydrogen (secondary N) is 1. The maximum atomic E-state index is 5.45. The van der Waals surface area contributed by atoms with Gasteiger partial charge in [-0.25, -0.2) is 0 Å². The van der Waals surface area contributed by atoms with E-state index in [1.807, 2.05) is 25.2 Å². The van der Waals surface area contributed by atoms with Crippen LogP contribution in [0.2, 0.25) is 0 Å². The van der Waals surface area contributed by atoms with Crippen molar-refractivity contribution in [2.24, 2.45) is 0 Å². The summed E-state index contributed by atoms with van der Waals surface area (Å²) in [7, 11) is 1.92. The average Bonchev–Trinajstić information content (AvgIpc) is 2.94. The van der Waals surface area contributed by atoms with Crippen LogP contribution in [0.15, 0.2) is 45.4 Å². The van der Waals surface area contributed by atoms with Gasteiger partial charge in [0.2, 0.25) is 0 Å². The Balaban J connectivity index is 2.04. The second kappa shape index (κ2) is 5.95. The van der Waals surface area contributed by atoms with Crippen molar-refractivity contribution in [3.05, 3.63) is 46.7 Å². The Bertz CT molecular complexity index is 769. The molecule has 1 heterocycles. The van der Waals surface area contributed by atoms with Crippen molar-refractivity contribution >= 4 is 26.7 Å². The highest BCUT2D eigenvalue weighted by Gasteiger charge is 2.14. The van der Waals surface area contributed by atoms with Crippen LogP contribution < -0.4 is 5.32 Å². The van der Waals surface area contributed by atoms with Gasteiger partial charge in [-0.3, -0.25) is 0 Å². The average molecular weight is 346 g/mol. The lowest BCUT2D eigenvalue weighted by Gasteiger charge is -2.05. The van der Waals surface area contributed by atoms with Crippen molar-refractivity contribution in [1.82, 2.24) is 15.5 Å². The molecule has 3 aromatic rings. The van der Waals surface area contributed by atoms with E-state index in [-0.39, 0.29) is 0 Å². The van der Waals surface area contributed by atoms with Gasteiger partial charge in [-0.1, -0.05) is 45.4 Å². The molecule has 4 nitrogen and oxygen atoms in total. The number of benzene rings is 2. The largest absolute Gasteiger partial charge is 0.334 e. The molecule has 0 aliphatic carbocycles. The molecule has 2 aromatic carbocycles. The first kappa shape index (κ1) is 14.2. The molecule has 0 radical (unpaired) electrons. The van der Waals surface area contributed by atoms with Gasteiger partial charge in [-0.05, 0) is 36.9 Å². The van der Waals surface area contributed by atoms with Crippen molar-refractivity contribution in [2.45, 2.75) is 19.4 Å². The molecule has 0 aliphatic rings. The minimum Gasteiger partial charge on any atom is -0.334 e. The zero-order valence-electron chi connectivity index (χ0n) is 11.9. The van der Waals surface area contributed by atoms with Crippen molar-refractivity contribution in [3.8, 4) is 11.5 Å². The van der Waals surface area contributed by atoms with Gasteiger partial charge in [-0.15, -0.1) is 0 Å². The highest BCUT2D eigenvalue weighted by atomic mass is 79.9. The summed E-state index contributed by atoms with van der Waals surface area (Å²) in [5.41, 5.74) is 0.954. The molecule has 1 atom stereocenters. The minimum atomic E-state index is 0.315. The number of halogens is 1. The van der Waals surface area contributed by atoms with Gasteiger partial charge in [0.25, 0.3) is 5.89 Å². The SMILES string of the molecule is CNC(C)Cc1noc(-c2cc(Br)cc3ccccc23)n1. The normalized spacial score (nSPS) is 12.7. The van der Waals surface area contributed by atoms with E-state index in [9.17, 15) is 0 Å². The van der Waals surface area contributed by atoms with Crippen LogP contribution in [0.3, 0.4) is 0 Å². The number of aromatic nitrogens is 2. The number of fused-ring (bicyclic) bond motifs is 1. The van der Waals surface area contributed by atoms with Crippen LogP contribution in [0.5, 0.6) is 0 Å². The van der Waals surface area contributed by atoms with E-state index in [4.69, 9.17) is 4.52 Å². The summed E-state index contributed by atoms with van der Waals surface area (Å²) in [5, 5.41) is 9.50. The second-order valence-corrected chi connectivity index (χ2v) is 6.00. The summed E-state index contributed by atoms with van der Waals surface area (Å²) in [4.78, 5) is 4.52. The monoisotopic (exact) mass is 345 g/mol. The van der Waals surface area contributed by atoms with E-state index in [0.717, 1.165) is 33.1 Å². The van der Waals surface area contributed by atoms with Gasteiger partial charge in [0.1, 0.15) is 0 Å². The number of likely N-dealkylation sites (N-methyl/N-ethyl adjacent to an activating group) is 1. The number of hydrogen-bond donors (Lipinski definition) is 1. The third kappa shape index (κ3) is 2.99. The zero-order valence-corrected chi connectivity index (χ0v) is 13.5. The van der Waals surface area contributed by atoms with Gasteiger partial charge < -0.3 is 9.84 Å². The molecule has 21 heavy (non-hydrogen) atoms. The molecule has 0 fully saturated rings. The van der Waals surface area contributed by atoms with Gasteiger partial charge in [0.15, 0.2) is 5.82 Å². The summed E-state index contributed by atoms with van der Waals surface area (Å²) < 4.78 is 6.45. The molecule has 5 heteroatoms. The molecule has 1 aromatic heterocycles. The van der Waals surface area contributed by atoms with E-state index in [0.29, 0.717) is 11.9 Å². The van der Waals surface area contributed by atoms with Crippen LogP contribution in [0.25, 0.3) is 22.2 Å². The molecule has 0 spiro atoms. The molecule has 0 saturated heterocycles. The summed E-state index contributed by atoms with van der Waals surface area (Å²) in [6, 6.07) is 12.6. The van der Waals surface area contributed by atoms with Crippen LogP contribution >= 0.6 is 15.9 Å². The Hall–Kier alpha value is -1.72. The first-order chi connectivity index (χ1) is 10.2. The second-order valence-electron chi connectivity index (χ2n) is 5.08. The number of rotatable bonds is 4. The highest BCUT2D eigenvalue weighted by molar-refractivity contribution is 9.10. The first-order valence-corrected chi connectivity index (χ1v) is 7.65. The fraction of sp³-hybridized carbons (Fsp3) is 0.250. The van der Waals surface area contributed by atoms with Crippen LogP contribution in [0.1, 0.15) is 12.7 Å². The van der Waals surface area contributed by atoms with E-state index in [1.54, 1.807) is 0 Å². The van der Waals surface area contributed by atoms with Gasteiger partial charge in [0.05, 0.1) is 0 Å². The van der Waals surface area contributed by atoms with E-state index in [2.05, 4.69) is 56.5 Å². The third-order valence-electron chi connectivity index (χ3n) is 3.51. The fourth-order valence-corrected chi connectivity index (χ4v) is 2.75. The molecule has 0 saturated carbocycles. The van der Waals surface area contributed by atoms with Gasteiger partial charge in [0, 0.05) is 22.5 Å². The lowest BCUT2D eigenvalue weighted by molar-refractivity contribution is 0.418. The predicted octanol–water partition coefficient (Wildman–Crippen LogP) is 3.80. The van der Waals surface area contributed by atoms with Crippen LogP contribution in [-0.4, -0.2) is 23.2 Å². The smallest absolute Gasteiger partial charge is 0.258 e. The van der Waals surface area contributed by atoms with Gasteiger partial charge >= 0.3 is 0 Å². The van der Waals surface area contributed by atoms with Crippen molar-refractivity contribution < 1.29 is 4.52 Å². The van der Waals surface area contributed by atoms with E-state index >= 15 is 0 Å². The molecule has 0 amide bonds. The topological polar surface area (TPSA) is 51.0 Å². The molecular formula is C16H16BrN3O. The summed E-state index contributed by atoms with van der Waals surface area (Å²) in [6.07, 6.45) is 0.742. The predicted molar refractivity (Wildman–Crippen MR) is 87.2 cm³/mol. The third-order valence-corrected chi connectivity index (χ3v) is 3.96. The van der Waals surface area contributed by atoms with Crippen molar-refractivity contribution in [1.29, 1.82) is 0 Å². The Morgan fingerprint density at radius 2 is 2.10 bits per heavy atom. The van der Waals surface area contributed by atoms with E-state index in [1.165, 1.54) is 0 Å².